The van der Waals surface area contributed by atoms with Crippen molar-refractivity contribution in [1.29, 1.82) is 0 Å². The van der Waals surface area contributed by atoms with Gasteiger partial charge in [0.05, 0.1) is 12.8 Å². The van der Waals surface area contributed by atoms with Crippen molar-refractivity contribution in [2.75, 3.05) is 0 Å². The van der Waals surface area contributed by atoms with Gasteiger partial charge in [-0.25, -0.2) is 9.59 Å². The lowest BCUT2D eigenvalue weighted by atomic mass is 9.86. The van der Waals surface area contributed by atoms with Crippen LogP contribution in [0.5, 0.6) is 0 Å². The molecule has 0 saturated carbocycles. The highest BCUT2D eigenvalue weighted by molar-refractivity contribution is 5.73. The molecular formula is C31H44O8. The van der Waals surface area contributed by atoms with Crippen LogP contribution in [0.1, 0.15) is 116 Å². The van der Waals surface area contributed by atoms with Crippen molar-refractivity contribution in [2.45, 2.75) is 105 Å². The molecule has 0 atom stereocenters. The zero-order valence-electron chi connectivity index (χ0n) is 25.0. The molecule has 0 radical (unpaired) electrons. The number of rotatable bonds is 14. The Bertz CT molecular complexity index is 1020. The standard InChI is InChI=1S/C31H44O8/c1-21(2)23-13-11-15-25(17-23)30(7,8)36-38-34-27(32)19-29(5,6)20-28(33)35-39-37-31(9,10)26-16-12-14-24(18-26)22(3)4/h11-18,21-22H,19-20H2,1-10H3. The molecule has 0 aromatic heterocycles. The lowest BCUT2D eigenvalue weighted by molar-refractivity contribution is -0.521. The van der Waals surface area contributed by atoms with E-state index in [1.54, 1.807) is 13.8 Å². The van der Waals surface area contributed by atoms with E-state index in [9.17, 15) is 9.59 Å². The van der Waals surface area contributed by atoms with Crippen molar-refractivity contribution in [3.63, 3.8) is 0 Å². The highest BCUT2D eigenvalue weighted by Gasteiger charge is 2.31. The van der Waals surface area contributed by atoms with Gasteiger partial charge in [-0.05, 0) is 77.3 Å². The van der Waals surface area contributed by atoms with Gasteiger partial charge in [-0.1, -0.05) is 90.1 Å². The van der Waals surface area contributed by atoms with Crippen LogP contribution in [-0.2, 0) is 50.4 Å². The summed E-state index contributed by atoms with van der Waals surface area (Å²) in [7, 11) is 0. The molecule has 0 heterocycles. The second-order valence-electron chi connectivity index (χ2n) is 12.3. The van der Waals surface area contributed by atoms with E-state index >= 15 is 0 Å². The minimum Gasteiger partial charge on any atom is -0.269 e. The van der Waals surface area contributed by atoms with E-state index in [-0.39, 0.29) is 12.8 Å². The van der Waals surface area contributed by atoms with Crippen molar-refractivity contribution < 1.29 is 39.2 Å². The highest BCUT2D eigenvalue weighted by atomic mass is 17.5. The van der Waals surface area contributed by atoms with E-state index in [0.29, 0.717) is 11.8 Å². The lowest BCUT2D eigenvalue weighted by Gasteiger charge is -2.25. The van der Waals surface area contributed by atoms with Crippen LogP contribution in [0.3, 0.4) is 0 Å². The van der Waals surface area contributed by atoms with Gasteiger partial charge in [-0.15, -0.1) is 0 Å². The molecule has 0 spiro atoms. The molecule has 0 aliphatic heterocycles. The van der Waals surface area contributed by atoms with Gasteiger partial charge in [0, 0.05) is 0 Å². The Labute approximate surface area is 232 Å². The van der Waals surface area contributed by atoms with Crippen LogP contribution in [0.15, 0.2) is 48.5 Å². The summed E-state index contributed by atoms with van der Waals surface area (Å²) in [5.74, 6) is -0.664. The summed E-state index contributed by atoms with van der Waals surface area (Å²) in [6, 6.07) is 15.9. The van der Waals surface area contributed by atoms with E-state index in [1.807, 2.05) is 76.2 Å². The zero-order chi connectivity index (χ0) is 29.4. The van der Waals surface area contributed by atoms with Gasteiger partial charge in [-0.3, -0.25) is 9.78 Å². The maximum atomic E-state index is 12.3. The molecule has 0 saturated heterocycles. The average molecular weight is 545 g/mol. The monoisotopic (exact) mass is 544 g/mol. The SMILES string of the molecule is CC(C)c1cccc(C(C)(C)OOOC(=O)CC(C)(C)CC(=O)OOOC(C)(C)c2cccc(C(C)C)c2)c1. The fraction of sp³-hybridized carbons (Fsp3) is 0.548. The van der Waals surface area contributed by atoms with Gasteiger partial charge in [0.1, 0.15) is 11.2 Å². The third-order valence-corrected chi connectivity index (χ3v) is 6.48. The van der Waals surface area contributed by atoms with Gasteiger partial charge >= 0.3 is 11.9 Å². The van der Waals surface area contributed by atoms with E-state index in [2.05, 4.69) is 27.7 Å². The number of carbonyl (C=O) groups is 2. The summed E-state index contributed by atoms with van der Waals surface area (Å²) in [4.78, 5) is 45.1. The van der Waals surface area contributed by atoms with E-state index < -0.39 is 28.6 Å². The quantitative estimate of drug-likeness (QED) is 0.176. The highest BCUT2D eigenvalue weighted by Crippen LogP contribution is 2.31. The first-order valence-corrected chi connectivity index (χ1v) is 13.3. The van der Waals surface area contributed by atoms with Crippen molar-refractivity contribution in [3.8, 4) is 0 Å². The molecule has 0 N–H and O–H groups in total. The second kappa shape index (κ2) is 13.5. The van der Waals surface area contributed by atoms with Gasteiger partial charge in [-0.2, -0.15) is 9.78 Å². The van der Waals surface area contributed by atoms with Crippen LogP contribution in [0.25, 0.3) is 0 Å². The molecule has 8 heteroatoms. The maximum absolute atomic E-state index is 12.3. The molecule has 0 fully saturated rings. The molecule has 0 bridgehead atoms. The third-order valence-electron chi connectivity index (χ3n) is 6.48. The molecule has 2 aromatic rings. The van der Waals surface area contributed by atoms with Crippen LogP contribution in [0, 0.1) is 5.41 Å². The fourth-order valence-electron chi connectivity index (χ4n) is 3.82. The Balaban J connectivity index is 1.79. The van der Waals surface area contributed by atoms with Crippen LogP contribution in [0.2, 0.25) is 0 Å². The van der Waals surface area contributed by atoms with Crippen molar-refractivity contribution in [1.82, 2.24) is 0 Å². The molecule has 0 unspecified atom stereocenters. The summed E-state index contributed by atoms with van der Waals surface area (Å²) in [6.45, 7) is 19.1. The molecule has 0 aliphatic carbocycles. The normalized spacial score (nSPS) is 12.6. The molecule has 0 aliphatic rings. The second-order valence-corrected chi connectivity index (χ2v) is 12.3. The minimum atomic E-state index is -0.855. The van der Waals surface area contributed by atoms with Crippen molar-refractivity contribution in [3.05, 3.63) is 70.8 Å². The van der Waals surface area contributed by atoms with Gasteiger partial charge in [0.15, 0.2) is 0 Å². The molecule has 0 amide bonds. The van der Waals surface area contributed by atoms with Crippen LogP contribution >= 0.6 is 0 Å². The van der Waals surface area contributed by atoms with Crippen LogP contribution in [-0.4, -0.2) is 11.9 Å². The Kier molecular flexibility index (Phi) is 11.2. The first-order chi connectivity index (χ1) is 18.0. The van der Waals surface area contributed by atoms with E-state index in [4.69, 9.17) is 29.6 Å². The van der Waals surface area contributed by atoms with E-state index in [1.165, 1.54) is 0 Å². The maximum Gasteiger partial charge on any atom is 0.346 e. The smallest absolute Gasteiger partial charge is 0.269 e. The third kappa shape index (κ3) is 10.4. The number of hydrogen-bond donors (Lipinski definition) is 0. The van der Waals surface area contributed by atoms with E-state index in [0.717, 1.165) is 22.3 Å². The molecule has 2 rings (SSSR count). The lowest BCUT2D eigenvalue weighted by Crippen LogP contribution is -2.27. The minimum absolute atomic E-state index is 0.122. The Morgan fingerprint density at radius 2 is 1.00 bits per heavy atom. The topological polar surface area (TPSA) is 89.5 Å². The first-order valence-electron chi connectivity index (χ1n) is 13.3. The predicted molar refractivity (Wildman–Crippen MR) is 147 cm³/mol. The summed E-state index contributed by atoms with van der Waals surface area (Å²) >= 11 is 0. The largest absolute Gasteiger partial charge is 0.346 e. The number of hydrogen-bond acceptors (Lipinski definition) is 8. The van der Waals surface area contributed by atoms with Crippen LogP contribution in [0.4, 0.5) is 0 Å². The number of benzene rings is 2. The summed E-state index contributed by atoms with van der Waals surface area (Å²) in [6.07, 6.45) is -0.244. The molecular weight excluding hydrogens is 500 g/mol. The summed E-state index contributed by atoms with van der Waals surface area (Å²) in [5, 5.41) is 9.65. The summed E-state index contributed by atoms with van der Waals surface area (Å²) < 4.78 is 0. The molecule has 8 nitrogen and oxygen atoms in total. The van der Waals surface area contributed by atoms with Gasteiger partial charge in [0.2, 0.25) is 0 Å². The zero-order valence-corrected chi connectivity index (χ0v) is 25.0. The van der Waals surface area contributed by atoms with Crippen molar-refractivity contribution >= 4 is 11.9 Å². The Morgan fingerprint density at radius 3 is 1.33 bits per heavy atom. The summed E-state index contributed by atoms with van der Waals surface area (Å²) in [5.41, 5.74) is 1.57. The molecule has 39 heavy (non-hydrogen) atoms. The fourth-order valence-corrected chi connectivity index (χ4v) is 3.82. The predicted octanol–water partition coefficient (Wildman–Crippen LogP) is 7.72. The average Bonchev–Trinajstić information content (AvgIpc) is 2.83. The molecule has 216 valence electrons. The van der Waals surface area contributed by atoms with Crippen LogP contribution < -0.4 is 0 Å². The van der Waals surface area contributed by atoms with Gasteiger partial charge < -0.3 is 0 Å². The Morgan fingerprint density at radius 1 is 0.641 bits per heavy atom. The Hall–Kier alpha value is -2.78. The van der Waals surface area contributed by atoms with Gasteiger partial charge in [0.25, 0.3) is 0 Å². The first kappa shape index (κ1) is 32.4. The van der Waals surface area contributed by atoms with Crippen molar-refractivity contribution in [2.24, 2.45) is 5.41 Å². The number of carbonyl (C=O) groups excluding carboxylic acids is 2. The molecule has 2 aromatic carbocycles.